The number of carbonyl (C=O) groups is 2. The van der Waals surface area contributed by atoms with Crippen LogP contribution in [-0.4, -0.2) is 22.9 Å². The van der Waals surface area contributed by atoms with Gasteiger partial charge < -0.3 is 9.30 Å². The highest BCUT2D eigenvalue weighted by molar-refractivity contribution is 6.03. The van der Waals surface area contributed by atoms with Gasteiger partial charge in [-0.05, 0) is 62.8 Å². The number of hydrogen-bond donors (Lipinski definition) is 0. The molecular weight excluding hydrogens is 338 g/mol. The Morgan fingerprint density at radius 1 is 1.15 bits per heavy atom. The molecule has 0 amide bonds. The first-order chi connectivity index (χ1) is 13.1. The molecule has 0 atom stereocenters. The van der Waals surface area contributed by atoms with Crippen LogP contribution in [0, 0.1) is 12.8 Å². The fourth-order valence-corrected chi connectivity index (χ4v) is 4.99. The summed E-state index contributed by atoms with van der Waals surface area (Å²) in [5, 5.41) is 1.08. The molecule has 1 aromatic heterocycles. The molecule has 144 valence electrons. The highest BCUT2D eigenvalue weighted by Crippen LogP contribution is 2.36. The Balaban J connectivity index is 1.79. The van der Waals surface area contributed by atoms with Crippen LogP contribution in [0.4, 0.5) is 0 Å². The van der Waals surface area contributed by atoms with E-state index in [9.17, 15) is 9.59 Å². The molecule has 1 aliphatic carbocycles. The lowest BCUT2D eigenvalue weighted by molar-refractivity contribution is -0.142. The standard InChI is InChI=1S/C23H29NO3/c1-3-27-21(25)14-19-15(2)24-11-7-10-17-12-18(13-20(19)22(17)24)23(26)16-8-5-4-6-9-16/h12-13,16H,3-11,14H2,1-2H3. The molecule has 1 fully saturated rings. The molecule has 1 aromatic carbocycles. The van der Waals surface area contributed by atoms with Crippen LogP contribution >= 0.6 is 0 Å². The zero-order valence-electron chi connectivity index (χ0n) is 16.5. The summed E-state index contributed by atoms with van der Waals surface area (Å²) < 4.78 is 7.53. The number of aromatic nitrogens is 1. The van der Waals surface area contributed by atoms with Gasteiger partial charge in [-0.25, -0.2) is 0 Å². The van der Waals surface area contributed by atoms with Crippen LogP contribution in [0.15, 0.2) is 12.1 Å². The molecule has 2 aromatic rings. The average Bonchev–Trinajstić information content (AvgIpc) is 2.95. The number of esters is 1. The lowest BCUT2D eigenvalue weighted by Crippen LogP contribution is -2.18. The third-order valence-electron chi connectivity index (χ3n) is 6.34. The van der Waals surface area contributed by atoms with E-state index in [0.717, 1.165) is 67.3 Å². The number of benzene rings is 1. The molecule has 2 heterocycles. The number of hydrogen-bond acceptors (Lipinski definition) is 3. The predicted molar refractivity (Wildman–Crippen MR) is 106 cm³/mol. The van der Waals surface area contributed by atoms with Gasteiger partial charge in [0, 0.05) is 29.1 Å². The summed E-state index contributed by atoms with van der Waals surface area (Å²) in [5.41, 5.74) is 5.49. The van der Waals surface area contributed by atoms with Crippen LogP contribution < -0.4 is 0 Å². The second-order valence-electron chi connectivity index (χ2n) is 8.03. The third kappa shape index (κ3) is 3.30. The van der Waals surface area contributed by atoms with Gasteiger partial charge >= 0.3 is 5.97 Å². The maximum Gasteiger partial charge on any atom is 0.310 e. The predicted octanol–water partition coefficient (Wildman–Crippen LogP) is 4.76. The minimum atomic E-state index is -0.190. The van der Waals surface area contributed by atoms with Gasteiger partial charge in [0.1, 0.15) is 0 Å². The van der Waals surface area contributed by atoms with Crippen molar-refractivity contribution < 1.29 is 14.3 Å². The van der Waals surface area contributed by atoms with Crippen molar-refractivity contribution in [3.63, 3.8) is 0 Å². The average molecular weight is 367 g/mol. The van der Waals surface area contributed by atoms with E-state index in [1.807, 2.05) is 6.92 Å². The Morgan fingerprint density at radius 3 is 2.67 bits per heavy atom. The topological polar surface area (TPSA) is 48.3 Å². The fraction of sp³-hybridized carbons (Fsp3) is 0.565. The maximum absolute atomic E-state index is 13.2. The molecule has 1 aliphatic heterocycles. The number of aryl methyl sites for hydroxylation is 2. The van der Waals surface area contributed by atoms with Gasteiger partial charge in [0.05, 0.1) is 18.5 Å². The molecule has 0 saturated heterocycles. The lowest BCUT2D eigenvalue weighted by atomic mass is 9.83. The number of nitrogens with zero attached hydrogens (tertiary/aromatic N) is 1. The van der Waals surface area contributed by atoms with Gasteiger partial charge in [-0.15, -0.1) is 0 Å². The van der Waals surface area contributed by atoms with Crippen LogP contribution in [0.1, 0.15) is 72.6 Å². The minimum Gasteiger partial charge on any atom is -0.466 e. The fourth-order valence-electron chi connectivity index (χ4n) is 4.99. The van der Waals surface area contributed by atoms with Crippen molar-refractivity contribution in [3.05, 3.63) is 34.5 Å². The lowest BCUT2D eigenvalue weighted by Gasteiger charge is -2.22. The van der Waals surface area contributed by atoms with E-state index in [2.05, 4.69) is 23.6 Å². The van der Waals surface area contributed by atoms with Crippen LogP contribution in [0.2, 0.25) is 0 Å². The van der Waals surface area contributed by atoms with Crippen molar-refractivity contribution in [3.8, 4) is 0 Å². The van der Waals surface area contributed by atoms with Gasteiger partial charge in [0.15, 0.2) is 5.78 Å². The Kier molecular flexibility index (Phi) is 5.07. The second kappa shape index (κ2) is 7.49. The molecule has 4 nitrogen and oxygen atoms in total. The monoisotopic (exact) mass is 367 g/mol. The quantitative estimate of drug-likeness (QED) is 0.565. The highest BCUT2D eigenvalue weighted by atomic mass is 16.5. The molecule has 4 rings (SSSR count). The highest BCUT2D eigenvalue weighted by Gasteiger charge is 2.27. The Hall–Kier alpha value is -2.10. The van der Waals surface area contributed by atoms with E-state index in [0.29, 0.717) is 12.4 Å². The zero-order chi connectivity index (χ0) is 19.0. The number of ketones is 1. The molecule has 1 saturated carbocycles. The Bertz CT molecular complexity index is 887. The second-order valence-corrected chi connectivity index (χ2v) is 8.03. The van der Waals surface area contributed by atoms with E-state index >= 15 is 0 Å². The van der Waals surface area contributed by atoms with E-state index in [-0.39, 0.29) is 18.3 Å². The molecule has 2 aliphatic rings. The van der Waals surface area contributed by atoms with Gasteiger partial charge in [-0.3, -0.25) is 9.59 Å². The van der Waals surface area contributed by atoms with E-state index < -0.39 is 0 Å². The van der Waals surface area contributed by atoms with Crippen molar-refractivity contribution in [1.29, 1.82) is 0 Å². The molecule has 0 spiro atoms. The summed E-state index contributed by atoms with van der Waals surface area (Å²) in [7, 11) is 0. The SMILES string of the molecule is CCOC(=O)Cc1c(C)n2c3c(cc(C(=O)C4CCCCC4)cc13)CCC2. The Morgan fingerprint density at radius 2 is 1.93 bits per heavy atom. The molecule has 0 bridgehead atoms. The largest absolute Gasteiger partial charge is 0.466 e. The molecule has 27 heavy (non-hydrogen) atoms. The van der Waals surface area contributed by atoms with Crippen LogP contribution in [-0.2, 0) is 28.9 Å². The van der Waals surface area contributed by atoms with Crippen LogP contribution in [0.3, 0.4) is 0 Å². The molecule has 0 radical (unpaired) electrons. The zero-order valence-corrected chi connectivity index (χ0v) is 16.5. The van der Waals surface area contributed by atoms with E-state index in [1.165, 1.54) is 17.5 Å². The first-order valence-corrected chi connectivity index (χ1v) is 10.4. The first kappa shape index (κ1) is 18.3. The van der Waals surface area contributed by atoms with Crippen molar-refractivity contribution in [2.45, 2.75) is 71.8 Å². The normalized spacial score (nSPS) is 17.3. The van der Waals surface area contributed by atoms with E-state index in [1.54, 1.807) is 0 Å². The Labute approximate surface area is 160 Å². The number of Topliss-reactive ketones (excluding diaryl/α,β-unsaturated/α-hetero) is 1. The van der Waals surface area contributed by atoms with Crippen LogP contribution in [0.5, 0.6) is 0 Å². The molecule has 4 heteroatoms. The smallest absolute Gasteiger partial charge is 0.310 e. The van der Waals surface area contributed by atoms with Crippen molar-refractivity contribution in [2.75, 3.05) is 6.61 Å². The summed E-state index contributed by atoms with van der Waals surface area (Å²) in [6.45, 7) is 5.30. The first-order valence-electron chi connectivity index (χ1n) is 10.4. The van der Waals surface area contributed by atoms with Gasteiger partial charge in [0.2, 0.25) is 0 Å². The molecular formula is C23H29NO3. The van der Waals surface area contributed by atoms with E-state index in [4.69, 9.17) is 4.74 Å². The number of rotatable bonds is 5. The maximum atomic E-state index is 13.2. The summed E-state index contributed by atoms with van der Waals surface area (Å²) in [5.74, 6) is 0.277. The summed E-state index contributed by atoms with van der Waals surface area (Å²) in [6, 6.07) is 4.18. The van der Waals surface area contributed by atoms with Crippen molar-refractivity contribution in [2.24, 2.45) is 5.92 Å². The summed E-state index contributed by atoms with van der Waals surface area (Å²) >= 11 is 0. The van der Waals surface area contributed by atoms with Crippen molar-refractivity contribution in [1.82, 2.24) is 4.57 Å². The van der Waals surface area contributed by atoms with Gasteiger partial charge in [-0.1, -0.05) is 19.3 Å². The third-order valence-corrected chi connectivity index (χ3v) is 6.34. The summed E-state index contributed by atoms with van der Waals surface area (Å²) in [6.07, 6.45) is 7.97. The number of carbonyl (C=O) groups excluding carboxylic acids is 2. The van der Waals surface area contributed by atoms with Crippen LogP contribution in [0.25, 0.3) is 10.9 Å². The minimum absolute atomic E-state index is 0.170. The summed E-state index contributed by atoms with van der Waals surface area (Å²) in [4.78, 5) is 25.3. The van der Waals surface area contributed by atoms with Gasteiger partial charge in [0.25, 0.3) is 0 Å². The van der Waals surface area contributed by atoms with Gasteiger partial charge in [-0.2, -0.15) is 0 Å². The van der Waals surface area contributed by atoms with Crippen molar-refractivity contribution >= 4 is 22.7 Å². The molecule has 0 unspecified atom stereocenters. The molecule has 0 N–H and O–H groups in total. The number of ether oxygens (including phenoxy) is 1.